The molecule has 0 spiro atoms. The van der Waals surface area contributed by atoms with Gasteiger partial charge in [0.15, 0.2) is 5.96 Å². The number of nitrogens with zero attached hydrogens (tertiary/aromatic N) is 2. The van der Waals surface area contributed by atoms with Gasteiger partial charge in [-0.1, -0.05) is 25.0 Å². The topological polar surface area (TPSA) is 83.0 Å². The fourth-order valence-corrected chi connectivity index (χ4v) is 3.27. The van der Waals surface area contributed by atoms with Crippen molar-refractivity contribution < 1.29 is 14.3 Å². The number of methoxy groups -OCH3 is 1. The van der Waals surface area contributed by atoms with Gasteiger partial charge >= 0.3 is 5.97 Å². The van der Waals surface area contributed by atoms with Crippen LogP contribution in [0.15, 0.2) is 29.3 Å². The summed E-state index contributed by atoms with van der Waals surface area (Å²) >= 11 is 0. The Labute approximate surface area is 197 Å². The van der Waals surface area contributed by atoms with Gasteiger partial charge in [0.25, 0.3) is 0 Å². The number of halogens is 1. The van der Waals surface area contributed by atoms with Gasteiger partial charge in [0.05, 0.1) is 13.7 Å². The quantitative estimate of drug-likeness (QED) is 0.150. The molecule has 1 saturated heterocycles. The molecule has 0 aromatic heterocycles. The maximum atomic E-state index is 11.8. The highest BCUT2D eigenvalue weighted by Crippen LogP contribution is 2.21. The number of hydrogen-bond donors (Lipinski definition) is 2. The smallest absolute Gasteiger partial charge is 0.305 e. The summed E-state index contributed by atoms with van der Waals surface area (Å²) in [5.41, 5.74) is 2.08. The molecule has 1 aromatic rings. The number of ether oxygens (including phenoxy) is 1. The summed E-state index contributed by atoms with van der Waals surface area (Å²) in [6.07, 6.45) is 6.09. The maximum Gasteiger partial charge on any atom is 0.305 e. The fraction of sp³-hybridized carbons (Fsp3) is 0.591. The van der Waals surface area contributed by atoms with Crippen LogP contribution in [-0.4, -0.2) is 44.6 Å². The lowest BCUT2D eigenvalue weighted by Crippen LogP contribution is -2.37. The summed E-state index contributed by atoms with van der Waals surface area (Å²) in [6.45, 7) is 5.10. The normalized spacial score (nSPS) is 13.7. The number of carbonyl (C=O) groups excluding carboxylic acids is 2. The molecule has 30 heavy (non-hydrogen) atoms. The Balaban J connectivity index is 0.00000450. The Morgan fingerprint density at radius 2 is 1.87 bits per heavy atom. The average molecular weight is 530 g/mol. The molecular formula is C22H35IN4O3. The van der Waals surface area contributed by atoms with E-state index >= 15 is 0 Å². The summed E-state index contributed by atoms with van der Waals surface area (Å²) < 4.78 is 4.64. The lowest BCUT2D eigenvalue weighted by atomic mass is 10.1. The van der Waals surface area contributed by atoms with Crippen LogP contribution in [-0.2, 0) is 20.9 Å². The molecule has 7 nitrogen and oxygen atoms in total. The van der Waals surface area contributed by atoms with Gasteiger partial charge in [0, 0.05) is 38.2 Å². The monoisotopic (exact) mass is 530 g/mol. The number of nitrogens with one attached hydrogen (secondary N) is 2. The van der Waals surface area contributed by atoms with Gasteiger partial charge in [-0.3, -0.25) is 9.59 Å². The van der Waals surface area contributed by atoms with Crippen LogP contribution in [0.5, 0.6) is 0 Å². The van der Waals surface area contributed by atoms with E-state index in [9.17, 15) is 9.59 Å². The maximum absolute atomic E-state index is 11.8. The Kier molecular flexibility index (Phi) is 13.1. The van der Waals surface area contributed by atoms with E-state index < -0.39 is 0 Å². The van der Waals surface area contributed by atoms with Crippen LogP contribution < -0.4 is 15.5 Å². The number of rotatable bonds is 11. The van der Waals surface area contributed by atoms with Crippen LogP contribution in [0.25, 0.3) is 0 Å². The molecule has 2 rings (SSSR count). The standard InChI is InChI=1S/C22H34N4O3.HI/c1-3-23-22(24-15-7-5-4-6-10-21(28)29-2)25-17-18-11-13-19(14-12-18)26-16-8-9-20(26)27;/h11-14H,3-10,15-17H2,1-2H3,(H2,23,24,25);1H. The second-order valence-electron chi connectivity index (χ2n) is 7.18. The average Bonchev–Trinajstić information content (AvgIpc) is 3.17. The molecule has 0 saturated carbocycles. The summed E-state index contributed by atoms with van der Waals surface area (Å²) in [5, 5.41) is 6.62. The molecule has 0 radical (unpaired) electrons. The minimum absolute atomic E-state index is 0. The SMILES string of the molecule is CCNC(=NCc1ccc(N2CCCC2=O)cc1)NCCCCCCC(=O)OC.I. The number of carbonyl (C=O) groups is 2. The van der Waals surface area contributed by atoms with Crippen LogP contribution in [0, 0.1) is 0 Å². The number of anilines is 1. The van der Waals surface area contributed by atoms with E-state index in [1.807, 2.05) is 36.1 Å². The van der Waals surface area contributed by atoms with Crippen molar-refractivity contribution in [3.63, 3.8) is 0 Å². The van der Waals surface area contributed by atoms with Crippen LogP contribution in [0.3, 0.4) is 0 Å². The number of esters is 1. The first kappa shape index (κ1) is 26.2. The summed E-state index contributed by atoms with van der Waals surface area (Å²) in [5.74, 6) is 0.880. The third-order valence-electron chi connectivity index (χ3n) is 4.91. The van der Waals surface area contributed by atoms with Crippen molar-refractivity contribution in [1.29, 1.82) is 0 Å². The second-order valence-corrected chi connectivity index (χ2v) is 7.18. The van der Waals surface area contributed by atoms with Crippen molar-refractivity contribution >= 4 is 47.5 Å². The highest BCUT2D eigenvalue weighted by Gasteiger charge is 2.21. The lowest BCUT2D eigenvalue weighted by molar-refractivity contribution is -0.140. The van der Waals surface area contributed by atoms with E-state index in [4.69, 9.17) is 0 Å². The third kappa shape index (κ3) is 9.32. The molecule has 1 amide bonds. The molecule has 2 N–H and O–H groups in total. The van der Waals surface area contributed by atoms with E-state index in [0.29, 0.717) is 19.4 Å². The van der Waals surface area contributed by atoms with Gasteiger partial charge in [-0.25, -0.2) is 4.99 Å². The second kappa shape index (κ2) is 15.0. The third-order valence-corrected chi connectivity index (χ3v) is 4.91. The molecule has 0 unspecified atom stereocenters. The highest BCUT2D eigenvalue weighted by molar-refractivity contribution is 14.0. The Morgan fingerprint density at radius 1 is 1.13 bits per heavy atom. The number of benzene rings is 1. The van der Waals surface area contributed by atoms with Crippen LogP contribution in [0.2, 0.25) is 0 Å². The number of guanidine groups is 1. The van der Waals surface area contributed by atoms with Gasteiger partial charge in [-0.2, -0.15) is 0 Å². The first-order valence-corrected chi connectivity index (χ1v) is 10.6. The Hall–Kier alpha value is -1.84. The molecule has 8 heteroatoms. The zero-order chi connectivity index (χ0) is 20.9. The van der Waals surface area contributed by atoms with Crippen LogP contribution in [0.4, 0.5) is 5.69 Å². The number of amides is 1. The molecule has 1 aliphatic rings. The minimum Gasteiger partial charge on any atom is -0.469 e. The largest absolute Gasteiger partial charge is 0.469 e. The van der Waals surface area contributed by atoms with Crippen LogP contribution >= 0.6 is 24.0 Å². The molecular weight excluding hydrogens is 495 g/mol. The highest BCUT2D eigenvalue weighted by atomic mass is 127. The molecule has 1 aromatic carbocycles. The van der Waals surface area contributed by atoms with E-state index in [1.165, 1.54) is 7.11 Å². The van der Waals surface area contributed by atoms with E-state index in [0.717, 1.165) is 68.9 Å². The zero-order valence-electron chi connectivity index (χ0n) is 18.1. The molecule has 168 valence electrons. The number of hydrogen-bond acceptors (Lipinski definition) is 4. The zero-order valence-corrected chi connectivity index (χ0v) is 20.4. The molecule has 0 aliphatic carbocycles. The predicted molar refractivity (Wildman–Crippen MR) is 131 cm³/mol. The molecule has 1 fully saturated rings. The van der Waals surface area contributed by atoms with E-state index in [1.54, 1.807) is 0 Å². The van der Waals surface area contributed by atoms with Crippen molar-refractivity contribution in [1.82, 2.24) is 10.6 Å². The van der Waals surface area contributed by atoms with Gasteiger partial charge in [0.2, 0.25) is 5.91 Å². The van der Waals surface area contributed by atoms with E-state index in [2.05, 4.69) is 20.4 Å². The molecule has 1 heterocycles. The predicted octanol–water partition coefficient (Wildman–Crippen LogP) is 3.61. The fourth-order valence-electron chi connectivity index (χ4n) is 3.27. The lowest BCUT2D eigenvalue weighted by Gasteiger charge is -2.16. The Bertz CT molecular complexity index is 679. The van der Waals surface area contributed by atoms with Crippen LogP contribution in [0.1, 0.15) is 57.4 Å². The first-order chi connectivity index (χ1) is 14.1. The number of aliphatic imine (C=N–C) groups is 1. The summed E-state index contributed by atoms with van der Waals surface area (Å²) in [7, 11) is 1.43. The minimum atomic E-state index is -0.134. The Morgan fingerprint density at radius 3 is 2.50 bits per heavy atom. The summed E-state index contributed by atoms with van der Waals surface area (Å²) in [6, 6.07) is 8.08. The van der Waals surface area contributed by atoms with Crippen molar-refractivity contribution in [2.45, 2.75) is 58.4 Å². The van der Waals surface area contributed by atoms with Gasteiger partial charge in [-0.15, -0.1) is 24.0 Å². The molecule has 0 atom stereocenters. The van der Waals surface area contributed by atoms with E-state index in [-0.39, 0.29) is 35.9 Å². The summed E-state index contributed by atoms with van der Waals surface area (Å²) in [4.78, 5) is 29.4. The van der Waals surface area contributed by atoms with Crippen molar-refractivity contribution in [2.24, 2.45) is 4.99 Å². The first-order valence-electron chi connectivity index (χ1n) is 10.6. The van der Waals surface area contributed by atoms with Crippen molar-refractivity contribution in [2.75, 3.05) is 31.6 Å². The van der Waals surface area contributed by atoms with Gasteiger partial charge in [0.1, 0.15) is 0 Å². The molecule has 0 bridgehead atoms. The van der Waals surface area contributed by atoms with Gasteiger partial charge in [-0.05, 0) is 43.9 Å². The van der Waals surface area contributed by atoms with Gasteiger partial charge < -0.3 is 20.3 Å². The number of unbranched alkanes of at least 4 members (excludes halogenated alkanes) is 3. The molecule has 1 aliphatic heterocycles. The van der Waals surface area contributed by atoms with Crippen molar-refractivity contribution in [3.8, 4) is 0 Å². The van der Waals surface area contributed by atoms with Crippen molar-refractivity contribution in [3.05, 3.63) is 29.8 Å².